The summed E-state index contributed by atoms with van der Waals surface area (Å²) in [6, 6.07) is 0. The lowest BCUT2D eigenvalue weighted by atomic mass is 10.1. The molecule has 1 aliphatic rings. The van der Waals surface area contributed by atoms with Crippen molar-refractivity contribution in [2.45, 2.75) is 44.9 Å². The highest BCUT2D eigenvalue weighted by Gasteiger charge is 2.16. The zero-order valence-corrected chi connectivity index (χ0v) is 9.67. The molecule has 0 bridgehead atoms. The van der Waals surface area contributed by atoms with E-state index >= 15 is 0 Å². The Morgan fingerprint density at radius 3 is 2.50 bits per heavy atom. The maximum atomic E-state index is 5.46. The molecule has 0 unspecified atom stereocenters. The molecule has 0 heterocycles. The molecular weight excluding hydrogens is 172 g/mol. The average Bonchev–Trinajstić information content (AvgIpc) is 2.65. The second-order valence-electron chi connectivity index (χ2n) is 4.76. The number of nitrogens with two attached hydrogens (primary N) is 1. The number of rotatable bonds is 7. The fraction of sp³-hybridized carbons (Fsp3) is 1.00. The predicted octanol–water partition coefficient (Wildman–Crippen LogP) is 2.24. The molecule has 1 rings (SSSR count). The van der Waals surface area contributed by atoms with E-state index in [9.17, 15) is 0 Å². The number of nitrogens with zero attached hydrogens (tertiary/aromatic N) is 1. The van der Waals surface area contributed by atoms with Gasteiger partial charge in [-0.1, -0.05) is 19.3 Å². The molecule has 0 atom stereocenters. The second-order valence-corrected chi connectivity index (χ2v) is 4.76. The van der Waals surface area contributed by atoms with Crippen LogP contribution in [0, 0.1) is 5.92 Å². The van der Waals surface area contributed by atoms with E-state index in [-0.39, 0.29) is 0 Å². The highest BCUT2D eigenvalue weighted by atomic mass is 15.1. The van der Waals surface area contributed by atoms with Crippen molar-refractivity contribution in [1.29, 1.82) is 0 Å². The van der Waals surface area contributed by atoms with E-state index in [0.717, 1.165) is 12.5 Å². The Bertz CT molecular complexity index is 130. The minimum Gasteiger partial charge on any atom is -0.330 e. The maximum absolute atomic E-state index is 5.46. The third-order valence-corrected chi connectivity index (χ3v) is 3.29. The predicted molar refractivity (Wildman–Crippen MR) is 62.4 cm³/mol. The van der Waals surface area contributed by atoms with Gasteiger partial charge in [0.05, 0.1) is 0 Å². The van der Waals surface area contributed by atoms with Crippen LogP contribution in [0.2, 0.25) is 0 Å². The summed E-state index contributed by atoms with van der Waals surface area (Å²) < 4.78 is 0. The van der Waals surface area contributed by atoms with Crippen LogP contribution in [0.1, 0.15) is 44.9 Å². The van der Waals surface area contributed by atoms with Crippen molar-refractivity contribution in [2.75, 3.05) is 26.7 Å². The van der Waals surface area contributed by atoms with Crippen molar-refractivity contribution >= 4 is 0 Å². The molecule has 2 nitrogen and oxygen atoms in total. The molecule has 0 amide bonds. The van der Waals surface area contributed by atoms with Crippen LogP contribution in [0.3, 0.4) is 0 Å². The van der Waals surface area contributed by atoms with E-state index in [2.05, 4.69) is 11.9 Å². The first-order chi connectivity index (χ1) is 6.83. The highest BCUT2D eigenvalue weighted by molar-refractivity contribution is 4.70. The molecule has 0 radical (unpaired) electrons. The summed E-state index contributed by atoms with van der Waals surface area (Å²) in [4.78, 5) is 2.51. The smallest absolute Gasteiger partial charge is 0.000661 e. The minimum absolute atomic E-state index is 0.854. The molecule has 0 aromatic carbocycles. The molecule has 84 valence electrons. The molecular formula is C12H26N2. The molecule has 14 heavy (non-hydrogen) atoms. The Morgan fingerprint density at radius 1 is 1.14 bits per heavy atom. The zero-order chi connectivity index (χ0) is 10.2. The topological polar surface area (TPSA) is 29.3 Å². The monoisotopic (exact) mass is 198 g/mol. The van der Waals surface area contributed by atoms with Gasteiger partial charge in [-0.25, -0.2) is 0 Å². The molecule has 0 aromatic rings. The summed E-state index contributed by atoms with van der Waals surface area (Å²) >= 11 is 0. The zero-order valence-electron chi connectivity index (χ0n) is 9.67. The first kappa shape index (κ1) is 12.0. The fourth-order valence-corrected chi connectivity index (χ4v) is 2.43. The van der Waals surface area contributed by atoms with Crippen LogP contribution >= 0.6 is 0 Å². The van der Waals surface area contributed by atoms with Crippen LogP contribution < -0.4 is 5.73 Å². The molecule has 1 saturated carbocycles. The van der Waals surface area contributed by atoms with E-state index in [4.69, 9.17) is 5.73 Å². The second kappa shape index (κ2) is 7.24. The van der Waals surface area contributed by atoms with E-state index in [1.165, 1.54) is 58.0 Å². The van der Waals surface area contributed by atoms with Gasteiger partial charge in [-0.2, -0.15) is 0 Å². The molecule has 2 N–H and O–H groups in total. The van der Waals surface area contributed by atoms with Crippen LogP contribution in [0.25, 0.3) is 0 Å². The largest absolute Gasteiger partial charge is 0.330 e. The van der Waals surface area contributed by atoms with Crippen LogP contribution in [-0.4, -0.2) is 31.6 Å². The van der Waals surface area contributed by atoms with Crippen LogP contribution in [0.4, 0.5) is 0 Å². The van der Waals surface area contributed by atoms with Crippen LogP contribution in [0.15, 0.2) is 0 Å². The Labute approximate surface area is 88.8 Å². The van der Waals surface area contributed by atoms with E-state index in [0.29, 0.717) is 0 Å². The van der Waals surface area contributed by atoms with Crippen LogP contribution in [-0.2, 0) is 0 Å². The number of hydrogen-bond acceptors (Lipinski definition) is 2. The van der Waals surface area contributed by atoms with E-state index in [1.807, 2.05) is 0 Å². The minimum atomic E-state index is 0.854. The normalized spacial score (nSPS) is 18.2. The Kier molecular flexibility index (Phi) is 6.20. The molecule has 1 fully saturated rings. The summed E-state index contributed by atoms with van der Waals surface area (Å²) in [5, 5.41) is 0. The first-order valence-electron chi connectivity index (χ1n) is 6.21. The lowest BCUT2D eigenvalue weighted by Crippen LogP contribution is -2.25. The van der Waals surface area contributed by atoms with E-state index < -0.39 is 0 Å². The maximum Gasteiger partial charge on any atom is 0.000661 e. The standard InChI is InChI=1S/C12H26N2/c1-14(10-6-2-5-9-13)11-12-7-3-4-8-12/h12H,2-11,13H2,1H3. The van der Waals surface area contributed by atoms with Gasteiger partial charge in [0.25, 0.3) is 0 Å². The number of unbranched alkanes of at least 4 members (excludes halogenated alkanes) is 2. The summed E-state index contributed by atoms with van der Waals surface area (Å²) in [7, 11) is 2.26. The lowest BCUT2D eigenvalue weighted by Gasteiger charge is -2.20. The van der Waals surface area contributed by atoms with Gasteiger partial charge in [0.1, 0.15) is 0 Å². The molecule has 0 saturated heterocycles. The van der Waals surface area contributed by atoms with Gasteiger partial charge in [0.15, 0.2) is 0 Å². The van der Waals surface area contributed by atoms with Crippen molar-refractivity contribution < 1.29 is 0 Å². The molecule has 0 aliphatic heterocycles. The van der Waals surface area contributed by atoms with E-state index in [1.54, 1.807) is 0 Å². The summed E-state index contributed by atoms with van der Waals surface area (Å²) in [5.74, 6) is 0.995. The van der Waals surface area contributed by atoms with Gasteiger partial charge in [-0.3, -0.25) is 0 Å². The summed E-state index contributed by atoms with van der Waals surface area (Å²) in [5.41, 5.74) is 5.46. The Hall–Kier alpha value is -0.0800. The lowest BCUT2D eigenvalue weighted by molar-refractivity contribution is 0.272. The van der Waals surface area contributed by atoms with Crippen molar-refractivity contribution in [2.24, 2.45) is 11.7 Å². The van der Waals surface area contributed by atoms with Crippen molar-refractivity contribution in [1.82, 2.24) is 4.90 Å². The molecule has 1 aliphatic carbocycles. The van der Waals surface area contributed by atoms with Crippen molar-refractivity contribution in [3.63, 3.8) is 0 Å². The SMILES string of the molecule is CN(CCCCCN)CC1CCCC1. The molecule has 0 aromatic heterocycles. The molecule has 2 heteroatoms. The quantitative estimate of drug-likeness (QED) is 0.636. The fourth-order valence-electron chi connectivity index (χ4n) is 2.43. The van der Waals surface area contributed by atoms with Gasteiger partial charge in [-0.15, -0.1) is 0 Å². The number of hydrogen-bond donors (Lipinski definition) is 1. The van der Waals surface area contributed by atoms with Gasteiger partial charge < -0.3 is 10.6 Å². The van der Waals surface area contributed by atoms with Gasteiger partial charge in [0, 0.05) is 6.54 Å². The van der Waals surface area contributed by atoms with Gasteiger partial charge >= 0.3 is 0 Å². The average molecular weight is 198 g/mol. The summed E-state index contributed by atoms with van der Waals surface area (Å²) in [6.07, 6.45) is 9.67. The Balaban J connectivity index is 1.95. The first-order valence-corrected chi connectivity index (χ1v) is 6.21. The van der Waals surface area contributed by atoms with Gasteiger partial charge in [0.2, 0.25) is 0 Å². The molecule has 0 spiro atoms. The Morgan fingerprint density at radius 2 is 1.86 bits per heavy atom. The van der Waals surface area contributed by atoms with Crippen molar-refractivity contribution in [3.05, 3.63) is 0 Å². The van der Waals surface area contributed by atoms with Crippen LogP contribution in [0.5, 0.6) is 0 Å². The van der Waals surface area contributed by atoms with Crippen molar-refractivity contribution in [3.8, 4) is 0 Å². The van der Waals surface area contributed by atoms with Gasteiger partial charge in [-0.05, 0) is 51.7 Å². The highest BCUT2D eigenvalue weighted by Crippen LogP contribution is 2.25. The third-order valence-electron chi connectivity index (χ3n) is 3.29. The summed E-state index contributed by atoms with van der Waals surface area (Å²) in [6.45, 7) is 3.44. The third kappa shape index (κ3) is 4.97.